The molecule has 152 valence electrons. The second-order valence-corrected chi connectivity index (χ2v) is 9.07. The highest BCUT2D eigenvalue weighted by Crippen LogP contribution is 2.28. The van der Waals surface area contributed by atoms with Crippen molar-refractivity contribution in [3.63, 3.8) is 0 Å². The van der Waals surface area contributed by atoms with Crippen molar-refractivity contribution >= 4 is 28.8 Å². The molecule has 1 aliphatic heterocycles. The van der Waals surface area contributed by atoms with E-state index >= 15 is 0 Å². The van der Waals surface area contributed by atoms with Gasteiger partial charge in [-0.15, -0.1) is 0 Å². The number of piperidine rings is 1. The maximum atomic E-state index is 14.0. The first-order chi connectivity index (χ1) is 12.5. The summed E-state index contributed by atoms with van der Waals surface area (Å²) in [4.78, 5) is 16.9. The van der Waals surface area contributed by atoms with E-state index in [-0.39, 0.29) is 19.0 Å². The number of hydrogen-bond acceptors (Lipinski definition) is 5. The summed E-state index contributed by atoms with van der Waals surface area (Å²) in [5.41, 5.74) is 0. The number of halogens is 3. The normalized spacial score (nSPS) is 21.0. The maximum absolute atomic E-state index is 14.0. The van der Waals surface area contributed by atoms with Gasteiger partial charge in [-0.05, 0) is 32.9 Å². The summed E-state index contributed by atoms with van der Waals surface area (Å²) < 4.78 is 52.7. The zero-order valence-electron chi connectivity index (χ0n) is 15.0. The zero-order valence-corrected chi connectivity index (χ0v) is 16.5. The minimum Gasteiger partial charge on any atom is -0.391 e. The maximum Gasteiger partial charge on any atom is 0.416 e. The van der Waals surface area contributed by atoms with E-state index in [2.05, 4.69) is 10.3 Å². The van der Waals surface area contributed by atoms with Crippen molar-refractivity contribution in [3.8, 4) is 5.88 Å². The number of likely N-dealkylation sites (tertiary alicyclic amines) is 1. The molecule has 1 aliphatic rings. The topological polar surface area (TPSA) is 91.8 Å². The molecule has 1 aromatic heterocycles. The first-order valence-electron chi connectivity index (χ1n) is 8.29. The molecule has 1 fully saturated rings. The molecule has 2 N–H and O–H groups in total. The highest BCUT2D eigenvalue weighted by Gasteiger charge is 2.42. The van der Waals surface area contributed by atoms with Crippen molar-refractivity contribution in [1.82, 2.24) is 15.2 Å². The van der Waals surface area contributed by atoms with Crippen molar-refractivity contribution in [1.29, 1.82) is 0 Å². The third kappa shape index (κ3) is 6.63. The Morgan fingerprint density at radius 2 is 2.26 bits per heavy atom. The molecule has 7 nitrogen and oxygen atoms in total. The Hall–Kier alpha value is -1.36. The molecule has 2 heterocycles. The Labute approximate surface area is 163 Å². The molecule has 0 saturated carbocycles. The van der Waals surface area contributed by atoms with Crippen LogP contribution in [0.15, 0.2) is 18.3 Å². The average Bonchev–Trinajstić information content (AvgIpc) is 2.55. The molecular formula is C16H22ClF2N3O4S. The molecule has 2 atom stereocenters. The van der Waals surface area contributed by atoms with Gasteiger partial charge in [-0.2, -0.15) is 0 Å². The lowest BCUT2D eigenvalue weighted by Gasteiger charge is -2.37. The van der Waals surface area contributed by atoms with Gasteiger partial charge in [0.25, 0.3) is 5.92 Å². The van der Waals surface area contributed by atoms with Crippen molar-refractivity contribution in [3.05, 3.63) is 23.4 Å². The number of amides is 1. The Bertz CT molecular complexity index is 691. The van der Waals surface area contributed by atoms with Gasteiger partial charge >= 0.3 is 6.09 Å². The molecule has 11 heteroatoms. The molecule has 1 saturated heterocycles. The number of nitrogens with one attached hydrogen (secondary N) is 1. The fourth-order valence-corrected chi connectivity index (χ4v) is 3.00. The van der Waals surface area contributed by atoms with Crippen LogP contribution in [-0.4, -0.2) is 61.1 Å². The third-order valence-electron chi connectivity index (χ3n) is 4.19. The van der Waals surface area contributed by atoms with Crippen LogP contribution in [0.25, 0.3) is 0 Å². The largest absolute Gasteiger partial charge is 0.416 e. The van der Waals surface area contributed by atoms with Crippen LogP contribution in [0.3, 0.4) is 0 Å². The highest BCUT2D eigenvalue weighted by atomic mass is 35.5. The molecule has 2 rings (SSSR count). The average molecular weight is 426 g/mol. The number of alkyl halides is 2. The molecule has 0 aliphatic carbocycles. The van der Waals surface area contributed by atoms with Gasteiger partial charge in [0.2, 0.25) is 5.88 Å². The molecule has 0 bridgehead atoms. The van der Waals surface area contributed by atoms with E-state index in [0.29, 0.717) is 11.4 Å². The van der Waals surface area contributed by atoms with Crippen molar-refractivity contribution in [2.24, 2.45) is 0 Å². The summed E-state index contributed by atoms with van der Waals surface area (Å²) in [6.07, 6.45) is 0.245. The summed E-state index contributed by atoms with van der Waals surface area (Å²) in [6.45, 7) is 2.78. The van der Waals surface area contributed by atoms with Crippen LogP contribution in [0.2, 0.25) is 5.02 Å². The highest BCUT2D eigenvalue weighted by molar-refractivity contribution is 7.80. The van der Waals surface area contributed by atoms with E-state index in [9.17, 15) is 22.3 Å². The summed E-state index contributed by atoms with van der Waals surface area (Å²) in [6, 6.07) is 2.18. The first kappa shape index (κ1) is 21.9. The Balaban J connectivity index is 1.94. The lowest BCUT2D eigenvalue weighted by molar-refractivity contribution is -0.0675. The predicted octanol–water partition coefficient (Wildman–Crippen LogP) is 2.92. The van der Waals surface area contributed by atoms with Crippen LogP contribution >= 0.6 is 11.6 Å². The Morgan fingerprint density at radius 3 is 2.85 bits per heavy atom. The number of carbonyl (C=O) groups excluding carboxylic acids is 1. The summed E-state index contributed by atoms with van der Waals surface area (Å²) in [5, 5.41) is 3.29. The van der Waals surface area contributed by atoms with Crippen LogP contribution < -0.4 is 10.1 Å². The Morgan fingerprint density at radius 1 is 1.56 bits per heavy atom. The van der Waals surface area contributed by atoms with Gasteiger partial charge < -0.3 is 19.5 Å². The number of carbonyl (C=O) groups is 1. The van der Waals surface area contributed by atoms with Crippen molar-refractivity contribution in [2.45, 2.75) is 43.4 Å². The quantitative estimate of drug-likeness (QED) is 0.681. The zero-order chi connectivity index (χ0) is 20.2. The summed E-state index contributed by atoms with van der Waals surface area (Å²) in [5.74, 6) is -3.10. The smallest absolute Gasteiger partial charge is 0.391 e. The molecule has 27 heavy (non-hydrogen) atoms. The predicted molar refractivity (Wildman–Crippen MR) is 97.7 cm³/mol. The fraction of sp³-hybridized carbons (Fsp3) is 0.625. The van der Waals surface area contributed by atoms with E-state index in [1.54, 1.807) is 13.8 Å². The fourth-order valence-electron chi connectivity index (χ4n) is 2.62. The van der Waals surface area contributed by atoms with Gasteiger partial charge in [0.1, 0.15) is 0 Å². The van der Waals surface area contributed by atoms with Gasteiger partial charge in [-0.1, -0.05) is 11.6 Å². The van der Waals surface area contributed by atoms with E-state index in [4.69, 9.17) is 16.3 Å². The molecule has 1 aromatic rings. The molecule has 0 radical (unpaired) electrons. The molecule has 1 amide bonds. The number of pyridine rings is 1. The van der Waals surface area contributed by atoms with Crippen molar-refractivity contribution in [2.75, 3.05) is 19.6 Å². The van der Waals surface area contributed by atoms with E-state index in [0.717, 1.165) is 4.90 Å². The molecular weight excluding hydrogens is 404 g/mol. The number of nitrogens with zero attached hydrogens (tertiary/aromatic N) is 2. The van der Waals surface area contributed by atoms with Crippen molar-refractivity contribution < 1.29 is 27.1 Å². The number of hydrogen-bond donors (Lipinski definition) is 2. The minimum absolute atomic E-state index is 0.0324. The van der Waals surface area contributed by atoms with Crippen LogP contribution in [0.1, 0.15) is 26.7 Å². The standard InChI is InChI=1S/C16H22ClF2N3O4S/c1-15(2,27(24)25)5-6-20-12-7-16(18,19)10-22(9-12)14(23)26-13-4-3-11(17)8-21-13/h3-4,8,12,20H,5-7,9-10H2,1-2H3,(H,24,25). The second-order valence-electron chi connectivity index (χ2n) is 7.03. The number of ether oxygens (including phenoxy) is 1. The van der Waals surface area contributed by atoms with Gasteiger partial charge in [0.05, 0.1) is 16.3 Å². The first-order valence-corrected chi connectivity index (χ1v) is 9.77. The van der Waals surface area contributed by atoms with Gasteiger partial charge in [0, 0.05) is 31.3 Å². The molecule has 0 aromatic carbocycles. The van der Waals surface area contributed by atoms with E-state index in [1.165, 1.54) is 18.3 Å². The summed E-state index contributed by atoms with van der Waals surface area (Å²) in [7, 11) is 0. The van der Waals surface area contributed by atoms with Crippen LogP contribution in [0, 0.1) is 0 Å². The van der Waals surface area contributed by atoms with E-state index in [1.807, 2.05) is 0 Å². The summed E-state index contributed by atoms with van der Waals surface area (Å²) >= 11 is 3.67. The number of rotatable bonds is 6. The lowest BCUT2D eigenvalue weighted by Crippen LogP contribution is -2.56. The van der Waals surface area contributed by atoms with Crippen LogP contribution in [0.5, 0.6) is 5.88 Å². The van der Waals surface area contributed by atoms with E-state index < -0.39 is 46.9 Å². The second kappa shape index (κ2) is 8.76. The van der Waals surface area contributed by atoms with Crippen LogP contribution in [-0.2, 0) is 11.1 Å². The van der Waals surface area contributed by atoms with Gasteiger partial charge in [0.15, 0.2) is 11.1 Å². The lowest BCUT2D eigenvalue weighted by atomic mass is 10.0. The Kier molecular flexibility index (Phi) is 7.12. The number of aromatic nitrogens is 1. The third-order valence-corrected chi connectivity index (χ3v) is 5.56. The molecule has 0 spiro atoms. The minimum atomic E-state index is -3.07. The van der Waals surface area contributed by atoms with Gasteiger partial charge in [-0.25, -0.2) is 22.8 Å². The van der Waals surface area contributed by atoms with Gasteiger partial charge in [-0.3, -0.25) is 0 Å². The monoisotopic (exact) mass is 425 g/mol. The molecule has 2 unspecified atom stereocenters. The SMILES string of the molecule is CC(C)(CCNC1CN(C(=O)Oc2ccc(Cl)cn2)CC(F)(F)C1)S(=O)O. The van der Waals surface area contributed by atoms with Crippen LogP contribution in [0.4, 0.5) is 13.6 Å².